The molecule has 2 heterocycles. The van der Waals surface area contributed by atoms with Gasteiger partial charge in [0.15, 0.2) is 0 Å². The normalized spacial score (nSPS) is 19.1. The van der Waals surface area contributed by atoms with Crippen LogP contribution in [0.3, 0.4) is 0 Å². The monoisotopic (exact) mass is 252 g/mol. The number of esters is 1. The van der Waals surface area contributed by atoms with Crippen LogP contribution in [0.4, 0.5) is 5.82 Å². The minimum atomic E-state index is -0.247. The van der Waals surface area contributed by atoms with E-state index in [4.69, 9.17) is 4.74 Å². The van der Waals surface area contributed by atoms with Crippen LogP contribution < -0.4 is 4.90 Å². The lowest BCUT2D eigenvalue weighted by atomic mass is 10.2. The second kappa shape index (κ2) is 5.40. The molecule has 0 amide bonds. The number of nitrogens with zero attached hydrogens (tertiary/aromatic N) is 2. The van der Waals surface area contributed by atoms with Gasteiger partial charge in [-0.1, -0.05) is 0 Å². The third-order valence-electron chi connectivity index (χ3n) is 2.60. The Bertz CT molecular complexity index is 403. The van der Waals surface area contributed by atoms with Gasteiger partial charge in [0, 0.05) is 26.0 Å². The standard InChI is InChI=1S/C12H16N2O2S/c1-14(2)11-7-9(3-5-13-11)12(15)16-10-4-6-17-8-10/h3,5,7,10H,4,6,8H2,1-2H3/t10-/m0/s1. The number of rotatable bonds is 3. The number of pyridine rings is 1. The number of hydrogen-bond donors (Lipinski definition) is 0. The van der Waals surface area contributed by atoms with E-state index in [0.717, 1.165) is 23.7 Å². The van der Waals surface area contributed by atoms with Crippen molar-refractivity contribution in [3.8, 4) is 0 Å². The van der Waals surface area contributed by atoms with Crippen molar-refractivity contribution in [2.24, 2.45) is 0 Å². The van der Waals surface area contributed by atoms with Gasteiger partial charge in [-0.3, -0.25) is 0 Å². The van der Waals surface area contributed by atoms with Crippen LogP contribution in [0.2, 0.25) is 0 Å². The average Bonchev–Trinajstić information content (AvgIpc) is 2.82. The Hall–Kier alpha value is -1.23. The van der Waals surface area contributed by atoms with Crippen molar-refractivity contribution in [3.63, 3.8) is 0 Å². The summed E-state index contributed by atoms with van der Waals surface area (Å²) >= 11 is 1.83. The molecular formula is C12H16N2O2S. The number of carbonyl (C=O) groups excluding carboxylic acids is 1. The minimum Gasteiger partial charge on any atom is -0.458 e. The Morgan fingerprint density at radius 1 is 1.59 bits per heavy atom. The first-order chi connectivity index (χ1) is 8.16. The maximum atomic E-state index is 11.9. The topological polar surface area (TPSA) is 42.4 Å². The Morgan fingerprint density at radius 2 is 2.41 bits per heavy atom. The minimum absolute atomic E-state index is 0.0727. The molecule has 1 atom stereocenters. The van der Waals surface area contributed by atoms with Gasteiger partial charge < -0.3 is 9.64 Å². The van der Waals surface area contributed by atoms with E-state index in [1.54, 1.807) is 18.3 Å². The van der Waals surface area contributed by atoms with E-state index in [0.29, 0.717) is 5.56 Å². The molecule has 92 valence electrons. The third-order valence-corrected chi connectivity index (χ3v) is 3.73. The van der Waals surface area contributed by atoms with E-state index >= 15 is 0 Å². The van der Waals surface area contributed by atoms with E-state index < -0.39 is 0 Å². The molecule has 2 rings (SSSR count). The van der Waals surface area contributed by atoms with E-state index in [1.807, 2.05) is 30.8 Å². The predicted octanol–water partition coefficient (Wildman–Crippen LogP) is 1.81. The molecule has 0 aliphatic carbocycles. The van der Waals surface area contributed by atoms with Gasteiger partial charge >= 0.3 is 5.97 Å². The van der Waals surface area contributed by atoms with Gasteiger partial charge in [0.05, 0.1) is 5.56 Å². The summed E-state index contributed by atoms with van der Waals surface area (Å²) in [6, 6.07) is 3.45. The summed E-state index contributed by atoms with van der Waals surface area (Å²) in [5, 5.41) is 0. The van der Waals surface area contributed by atoms with E-state index in [1.165, 1.54) is 0 Å². The fourth-order valence-electron chi connectivity index (χ4n) is 1.62. The van der Waals surface area contributed by atoms with Crippen molar-refractivity contribution in [2.45, 2.75) is 12.5 Å². The number of hydrogen-bond acceptors (Lipinski definition) is 5. The zero-order valence-electron chi connectivity index (χ0n) is 10.0. The van der Waals surface area contributed by atoms with Crippen molar-refractivity contribution in [2.75, 3.05) is 30.5 Å². The van der Waals surface area contributed by atoms with Crippen LogP contribution in [0.15, 0.2) is 18.3 Å². The van der Waals surface area contributed by atoms with Gasteiger partial charge in [0.2, 0.25) is 0 Å². The van der Waals surface area contributed by atoms with Crippen LogP contribution in [-0.4, -0.2) is 42.7 Å². The Balaban J connectivity index is 2.05. The first-order valence-corrected chi connectivity index (χ1v) is 6.74. The quantitative estimate of drug-likeness (QED) is 0.768. The maximum Gasteiger partial charge on any atom is 0.338 e. The second-order valence-electron chi connectivity index (χ2n) is 4.19. The molecule has 0 saturated carbocycles. The summed E-state index contributed by atoms with van der Waals surface area (Å²) in [6.07, 6.45) is 2.67. The number of anilines is 1. The molecule has 0 radical (unpaired) electrons. The molecular weight excluding hydrogens is 236 g/mol. The van der Waals surface area contributed by atoms with Gasteiger partial charge in [-0.2, -0.15) is 11.8 Å². The van der Waals surface area contributed by atoms with Crippen molar-refractivity contribution >= 4 is 23.5 Å². The van der Waals surface area contributed by atoms with Gasteiger partial charge in [-0.25, -0.2) is 9.78 Å². The highest BCUT2D eigenvalue weighted by atomic mass is 32.2. The van der Waals surface area contributed by atoms with Crippen molar-refractivity contribution in [1.29, 1.82) is 0 Å². The van der Waals surface area contributed by atoms with Crippen LogP contribution in [0.5, 0.6) is 0 Å². The fourth-order valence-corrected chi connectivity index (χ4v) is 2.71. The van der Waals surface area contributed by atoms with Crippen molar-refractivity contribution < 1.29 is 9.53 Å². The van der Waals surface area contributed by atoms with Gasteiger partial charge in [0.1, 0.15) is 11.9 Å². The Kier molecular flexibility index (Phi) is 3.89. The SMILES string of the molecule is CN(C)c1cc(C(=O)O[C@H]2CCSC2)ccn1. The number of aromatic nitrogens is 1. The molecule has 1 aromatic heterocycles. The molecule has 1 aromatic rings. The summed E-state index contributed by atoms with van der Waals surface area (Å²) in [5.41, 5.74) is 0.570. The number of ether oxygens (including phenoxy) is 1. The smallest absolute Gasteiger partial charge is 0.338 e. The summed E-state index contributed by atoms with van der Waals surface area (Å²) in [5.74, 6) is 2.51. The van der Waals surface area contributed by atoms with Crippen molar-refractivity contribution in [3.05, 3.63) is 23.9 Å². The highest BCUT2D eigenvalue weighted by Crippen LogP contribution is 2.21. The van der Waals surface area contributed by atoms with Gasteiger partial charge in [-0.15, -0.1) is 0 Å². The maximum absolute atomic E-state index is 11.9. The lowest BCUT2D eigenvalue weighted by molar-refractivity contribution is 0.0357. The lowest BCUT2D eigenvalue weighted by Crippen LogP contribution is -2.18. The molecule has 0 N–H and O–H groups in total. The molecule has 0 unspecified atom stereocenters. The first-order valence-electron chi connectivity index (χ1n) is 5.59. The molecule has 1 aliphatic heterocycles. The number of thioether (sulfide) groups is 1. The molecule has 0 aromatic carbocycles. The Labute approximate surface area is 105 Å². The predicted molar refractivity (Wildman–Crippen MR) is 69.7 cm³/mol. The molecule has 5 heteroatoms. The van der Waals surface area contributed by atoms with Gasteiger partial charge in [0.25, 0.3) is 0 Å². The van der Waals surface area contributed by atoms with Crippen LogP contribution in [0.25, 0.3) is 0 Å². The number of carbonyl (C=O) groups is 1. The van der Waals surface area contributed by atoms with Gasteiger partial charge in [-0.05, 0) is 24.3 Å². The highest BCUT2D eigenvalue weighted by molar-refractivity contribution is 7.99. The summed E-state index contributed by atoms with van der Waals surface area (Å²) in [7, 11) is 3.79. The highest BCUT2D eigenvalue weighted by Gasteiger charge is 2.20. The van der Waals surface area contributed by atoms with Crippen LogP contribution in [0, 0.1) is 0 Å². The summed E-state index contributed by atoms with van der Waals surface area (Å²) in [4.78, 5) is 17.9. The molecule has 1 aliphatic rings. The first kappa shape index (κ1) is 12.2. The van der Waals surface area contributed by atoms with E-state index in [-0.39, 0.29) is 12.1 Å². The van der Waals surface area contributed by atoms with Crippen molar-refractivity contribution in [1.82, 2.24) is 4.98 Å². The Morgan fingerprint density at radius 3 is 3.06 bits per heavy atom. The molecule has 4 nitrogen and oxygen atoms in total. The fraction of sp³-hybridized carbons (Fsp3) is 0.500. The summed E-state index contributed by atoms with van der Waals surface area (Å²) < 4.78 is 5.43. The third kappa shape index (κ3) is 3.12. The largest absolute Gasteiger partial charge is 0.458 e. The zero-order valence-corrected chi connectivity index (χ0v) is 10.9. The average molecular weight is 252 g/mol. The molecule has 1 fully saturated rings. The van der Waals surface area contributed by atoms with Crippen LogP contribution >= 0.6 is 11.8 Å². The molecule has 0 bridgehead atoms. The molecule has 1 saturated heterocycles. The van der Waals surface area contributed by atoms with E-state index in [9.17, 15) is 4.79 Å². The lowest BCUT2D eigenvalue weighted by Gasteiger charge is -2.13. The van der Waals surface area contributed by atoms with Crippen LogP contribution in [0.1, 0.15) is 16.8 Å². The second-order valence-corrected chi connectivity index (χ2v) is 5.34. The summed E-state index contributed by atoms with van der Waals surface area (Å²) in [6.45, 7) is 0. The van der Waals surface area contributed by atoms with E-state index in [2.05, 4.69) is 4.98 Å². The molecule has 17 heavy (non-hydrogen) atoms. The zero-order chi connectivity index (χ0) is 12.3. The molecule has 0 spiro atoms. The van der Waals surface area contributed by atoms with Crippen LogP contribution in [-0.2, 0) is 4.74 Å².